The van der Waals surface area contributed by atoms with E-state index < -0.39 is 17.5 Å². The predicted molar refractivity (Wildman–Crippen MR) is 80.1 cm³/mol. The van der Waals surface area contributed by atoms with Gasteiger partial charge in [0.05, 0.1) is 5.69 Å². The lowest BCUT2D eigenvalue weighted by Crippen LogP contribution is -2.53. The molecule has 0 unspecified atom stereocenters. The number of carboxylic acids is 1. The molecule has 1 aromatic carbocycles. The molecule has 0 aromatic heterocycles. The van der Waals surface area contributed by atoms with E-state index in [9.17, 15) is 14.7 Å². The monoisotopic (exact) mass is 360 g/mol. The number of nitrogens with one attached hydrogen (secondary N) is 2. The summed E-state index contributed by atoms with van der Waals surface area (Å²) in [4.78, 5) is 23.4. The van der Waals surface area contributed by atoms with E-state index in [1.54, 1.807) is 18.2 Å². The Hall–Kier alpha value is -1.27. The smallest absolute Gasteiger partial charge is 0.329 e. The molecule has 1 fully saturated rings. The molecule has 1 aliphatic rings. The van der Waals surface area contributed by atoms with E-state index in [0.29, 0.717) is 28.0 Å². The van der Waals surface area contributed by atoms with Crippen LogP contribution in [-0.2, 0) is 4.79 Å². The third kappa shape index (κ3) is 3.24. The molecule has 7 heteroatoms. The molecule has 1 aromatic rings. The van der Waals surface area contributed by atoms with Crippen LogP contribution in [0.5, 0.6) is 0 Å². The van der Waals surface area contributed by atoms with E-state index in [1.165, 1.54) is 0 Å². The molecule has 1 aliphatic carbocycles. The summed E-state index contributed by atoms with van der Waals surface area (Å²) in [6.45, 7) is 0. The first-order valence-electron chi connectivity index (χ1n) is 6.20. The van der Waals surface area contributed by atoms with Crippen molar-refractivity contribution < 1.29 is 14.7 Å². The molecule has 0 heterocycles. The van der Waals surface area contributed by atoms with Gasteiger partial charge in [0.25, 0.3) is 0 Å². The molecule has 0 radical (unpaired) electrons. The fourth-order valence-electron chi connectivity index (χ4n) is 2.34. The Morgan fingerprint density at radius 2 is 1.95 bits per heavy atom. The molecule has 3 N–H and O–H groups in total. The molecular formula is C13H14BrClN2O3. The second-order valence-electron chi connectivity index (χ2n) is 4.80. The number of amides is 2. The molecule has 0 spiro atoms. The summed E-state index contributed by atoms with van der Waals surface area (Å²) in [5.74, 6) is -0.990. The largest absolute Gasteiger partial charge is 0.480 e. The van der Waals surface area contributed by atoms with Gasteiger partial charge in [-0.1, -0.05) is 24.4 Å². The number of anilines is 1. The number of hydrogen-bond acceptors (Lipinski definition) is 2. The van der Waals surface area contributed by atoms with Crippen LogP contribution in [0.25, 0.3) is 0 Å². The maximum atomic E-state index is 12.0. The highest BCUT2D eigenvalue weighted by Gasteiger charge is 2.42. The van der Waals surface area contributed by atoms with Crippen LogP contribution < -0.4 is 10.6 Å². The first-order chi connectivity index (χ1) is 9.43. The molecule has 0 atom stereocenters. The standard InChI is InChI=1S/C13H14BrClN2O3/c14-9-4-3-8(15)7-10(9)16-12(20)17-13(11(18)19)5-1-2-6-13/h3-4,7H,1-2,5-6H2,(H,18,19)(H2,16,17,20). The number of halogens is 2. The van der Waals surface area contributed by atoms with Crippen molar-refractivity contribution in [2.24, 2.45) is 0 Å². The van der Waals surface area contributed by atoms with Gasteiger partial charge < -0.3 is 15.7 Å². The van der Waals surface area contributed by atoms with Crippen LogP contribution in [0.1, 0.15) is 25.7 Å². The molecule has 5 nitrogen and oxygen atoms in total. The number of aliphatic carboxylic acids is 1. The molecule has 1 saturated carbocycles. The highest BCUT2D eigenvalue weighted by Crippen LogP contribution is 2.30. The number of carboxylic acid groups (broad SMARTS) is 1. The summed E-state index contributed by atoms with van der Waals surface area (Å²) in [7, 11) is 0. The molecule has 2 amide bonds. The Morgan fingerprint density at radius 1 is 1.30 bits per heavy atom. The third-order valence-corrected chi connectivity index (χ3v) is 4.32. The van der Waals surface area contributed by atoms with Gasteiger partial charge in [0.2, 0.25) is 0 Å². The van der Waals surface area contributed by atoms with Crippen molar-refractivity contribution in [2.75, 3.05) is 5.32 Å². The van der Waals surface area contributed by atoms with Crippen molar-refractivity contribution in [3.63, 3.8) is 0 Å². The Bertz CT molecular complexity index is 544. The van der Waals surface area contributed by atoms with E-state index in [-0.39, 0.29) is 0 Å². The lowest BCUT2D eigenvalue weighted by Gasteiger charge is -2.25. The number of carbonyl (C=O) groups excluding carboxylic acids is 1. The van der Waals surface area contributed by atoms with Gasteiger partial charge in [-0.2, -0.15) is 0 Å². The van der Waals surface area contributed by atoms with Crippen LogP contribution in [0.2, 0.25) is 5.02 Å². The minimum atomic E-state index is -1.16. The number of benzene rings is 1. The van der Waals surface area contributed by atoms with Gasteiger partial charge >= 0.3 is 12.0 Å². The highest BCUT2D eigenvalue weighted by atomic mass is 79.9. The lowest BCUT2D eigenvalue weighted by atomic mass is 9.98. The van der Waals surface area contributed by atoms with Gasteiger partial charge in [-0.25, -0.2) is 9.59 Å². The van der Waals surface area contributed by atoms with Crippen LogP contribution in [0, 0.1) is 0 Å². The predicted octanol–water partition coefficient (Wildman–Crippen LogP) is 3.62. The van der Waals surface area contributed by atoms with Crippen molar-refractivity contribution in [3.05, 3.63) is 27.7 Å². The van der Waals surface area contributed by atoms with Gasteiger partial charge in [0, 0.05) is 9.50 Å². The van der Waals surface area contributed by atoms with Crippen LogP contribution in [0.4, 0.5) is 10.5 Å². The van der Waals surface area contributed by atoms with Crippen LogP contribution >= 0.6 is 27.5 Å². The van der Waals surface area contributed by atoms with E-state index in [0.717, 1.165) is 12.8 Å². The molecule has 0 aliphatic heterocycles. The Balaban J connectivity index is 2.08. The van der Waals surface area contributed by atoms with Gasteiger partial charge in [-0.05, 0) is 47.0 Å². The van der Waals surface area contributed by atoms with Crippen LogP contribution in [-0.4, -0.2) is 22.6 Å². The fourth-order valence-corrected chi connectivity index (χ4v) is 2.85. The summed E-state index contributed by atoms with van der Waals surface area (Å²) in [6, 6.07) is 4.44. The zero-order valence-corrected chi connectivity index (χ0v) is 12.9. The summed E-state index contributed by atoms with van der Waals surface area (Å²) < 4.78 is 0.674. The van der Waals surface area contributed by atoms with Crippen molar-refractivity contribution in [1.82, 2.24) is 5.32 Å². The Labute approximate surface area is 129 Å². The van der Waals surface area contributed by atoms with Crippen molar-refractivity contribution in [2.45, 2.75) is 31.2 Å². The first kappa shape index (κ1) is 15.1. The van der Waals surface area contributed by atoms with Gasteiger partial charge in [-0.15, -0.1) is 0 Å². The topological polar surface area (TPSA) is 78.4 Å². The first-order valence-corrected chi connectivity index (χ1v) is 7.38. The number of urea groups is 1. The maximum absolute atomic E-state index is 12.0. The molecule has 0 saturated heterocycles. The van der Waals surface area contributed by atoms with E-state index >= 15 is 0 Å². The summed E-state index contributed by atoms with van der Waals surface area (Å²) >= 11 is 9.16. The van der Waals surface area contributed by atoms with Gasteiger partial charge in [-0.3, -0.25) is 0 Å². The molecule has 2 rings (SSSR count). The second kappa shape index (κ2) is 6.01. The lowest BCUT2D eigenvalue weighted by molar-refractivity contribution is -0.144. The average molecular weight is 362 g/mol. The quantitative estimate of drug-likeness (QED) is 0.769. The van der Waals surface area contributed by atoms with Crippen molar-refractivity contribution in [1.29, 1.82) is 0 Å². The van der Waals surface area contributed by atoms with Crippen LogP contribution in [0.3, 0.4) is 0 Å². The second-order valence-corrected chi connectivity index (χ2v) is 6.09. The number of rotatable bonds is 3. The normalized spacial score (nSPS) is 16.7. The maximum Gasteiger partial charge on any atom is 0.329 e. The minimum Gasteiger partial charge on any atom is -0.480 e. The Morgan fingerprint density at radius 3 is 2.55 bits per heavy atom. The van der Waals surface area contributed by atoms with Gasteiger partial charge in [0.1, 0.15) is 5.54 Å². The fraction of sp³-hybridized carbons (Fsp3) is 0.385. The van der Waals surface area contributed by atoms with Crippen molar-refractivity contribution in [3.8, 4) is 0 Å². The van der Waals surface area contributed by atoms with E-state index in [1.807, 2.05) is 0 Å². The molecule has 108 valence electrons. The Kier molecular flexibility index (Phi) is 4.55. The van der Waals surface area contributed by atoms with E-state index in [2.05, 4.69) is 26.6 Å². The zero-order chi connectivity index (χ0) is 14.8. The molecule has 0 bridgehead atoms. The molecule has 20 heavy (non-hydrogen) atoms. The number of hydrogen-bond donors (Lipinski definition) is 3. The summed E-state index contributed by atoms with van der Waals surface area (Å²) in [6.07, 6.45) is 2.50. The van der Waals surface area contributed by atoms with Crippen LogP contribution in [0.15, 0.2) is 22.7 Å². The van der Waals surface area contributed by atoms with Gasteiger partial charge in [0.15, 0.2) is 0 Å². The summed E-state index contributed by atoms with van der Waals surface area (Å²) in [5.41, 5.74) is -0.664. The zero-order valence-electron chi connectivity index (χ0n) is 10.6. The number of carbonyl (C=O) groups is 2. The third-order valence-electron chi connectivity index (χ3n) is 3.40. The minimum absolute atomic E-state index is 0.451. The van der Waals surface area contributed by atoms with E-state index in [4.69, 9.17) is 11.6 Å². The average Bonchev–Trinajstić information content (AvgIpc) is 2.83. The SMILES string of the molecule is O=C(Nc1cc(Cl)ccc1Br)NC1(C(=O)O)CCCC1. The highest BCUT2D eigenvalue weighted by molar-refractivity contribution is 9.10. The van der Waals surface area contributed by atoms with Crippen molar-refractivity contribution >= 4 is 45.2 Å². The summed E-state index contributed by atoms with van der Waals surface area (Å²) in [5, 5.41) is 15.0. The molecular weight excluding hydrogens is 348 g/mol.